The highest BCUT2D eigenvalue weighted by atomic mass is 16.5. The average molecular weight is 294 g/mol. The summed E-state index contributed by atoms with van der Waals surface area (Å²) in [6.07, 6.45) is 0. The summed E-state index contributed by atoms with van der Waals surface area (Å²) in [5.74, 6) is -0.100. The van der Waals surface area contributed by atoms with Crippen LogP contribution >= 0.6 is 0 Å². The van der Waals surface area contributed by atoms with Crippen molar-refractivity contribution in [3.63, 3.8) is 0 Å². The summed E-state index contributed by atoms with van der Waals surface area (Å²) in [5, 5.41) is 14.6. The number of carbonyl (C=O) groups is 2. The van der Waals surface area contributed by atoms with Gasteiger partial charge in [0.1, 0.15) is 12.4 Å². The van der Waals surface area contributed by atoms with Gasteiger partial charge in [0.25, 0.3) is 0 Å². The molecule has 0 fully saturated rings. The molecule has 0 radical (unpaired) electrons. The summed E-state index contributed by atoms with van der Waals surface area (Å²) in [6, 6.07) is 6.30. The van der Waals surface area contributed by atoms with E-state index in [0.29, 0.717) is 31.4 Å². The Morgan fingerprint density at radius 2 is 2.10 bits per heavy atom. The molecule has 116 valence electrons. The van der Waals surface area contributed by atoms with E-state index in [-0.39, 0.29) is 18.0 Å². The fraction of sp³-hybridized carbons (Fsp3) is 0.467. The van der Waals surface area contributed by atoms with Crippen LogP contribution < -0.4 is 15.4 Å². The number of hydrogen-bond donors (Lipinski definition) is 3. The van der Waals surface area contributed by atoms with Crippen LogP contribution in [0.2, 0.25) is 0 Å². The molecule has 0 spiro atoms. The average Bonchev–Trinajstić information content (AvgIpc) is 2.45. The van der Waals surface area contributed by atoms with Gasteiger partial charge >= 0.3 is 5.97 Å². The Bertz CT molecular complexity index is 474. The Kier molecular flexibility index (Phi) is 7.25. The van der Waals surface area contributed by atoms with Crippen molar-refractivity contribution in [1.29, 1.82) is 0 Å². The third-order valence-corrected chi connectivity index (χ3v) is 2.62. The molecular weight excluding hydrogens is 272 g/mol. The van der Waals surface area contributed by atoms with E-state index in [2.05, 4.69) is 10.6 Å². The van der Waals surface area contributed by atoms with Gasteiger partial charge < -0.3 is 20.5 Å². The first-order chi connectivity index (χ1) is 9.99. The number of aromatic carboxylic acids is 1. The Balaban J connectivity index is 2.18. The van der Waals surface area contributed by atoms with E-state index in [9.17, 15) is 9.59 Å². The fourth-order valence-corrected chi connectivity index (χ4v) is 1.54. The molecule has 0 heterocycles. The van der Waals surface area contributed by atoms with Crippen molar-refractivity contribution in [1.82, 2.24) is 10.6 Å². The zero-order valence-corrected chi connectivity index (χ0v) is 12.4. The van der Waals surface area contributed by atoms with E-state index in [4.69, 9.17) is 9.84 Å². The number of nitrogens with one attached hydrogen (secondary N) is 2. The van der Waals surface area contributed by atoms with E-state index in [1.807, 2.05) is 13.8 Å². The Hall–Kier alpha value is -2.08. The number of amides is 1. The van der Waals surface area contributed by atoms with Gasteiger partial charge in [-0.2, -0.15) is 0 Å². The van der Waals surface area contributed by atoms with Gasteiger partial charge in [0.15, 0.2) is 0 Å². The summed E-state index contributed by atoms with van der Waals surface area (Å²) < 4.78 is 5.42. The molecule has 1 aromatic carbocycles. The SMILES string of the molecule is CC(C)CNC(=O)CNCCOc1cccc(C(=O)O)c1. The first kappa shape index (κ1) is 17.0. The Morgan fingerprint density at radius 1 is 1.33 bits per heavy atom. The second kappa shape index (κ2) is 8.97. The van der Waals surface area contributed by atoms with Crippen LogP contribution in [0.25, 0.3) is 0 Å². The Morgan fingerprint density at radius 3 is 2.76 bits per heavy atom. The van der Waals surface area contributed by atoms with Gasteiger partial charge in [0.2, 0.25) is 5.91 Å². The van der Waals surface area contributed by atoms with Crippen LogP contribution in [-0.2, 0) is 4.79 Å². The van der Waals surface area contributed by atoms with Crippen LogP contribution in [0.1, 0.15) is 24.2 Å². The smallest absolute Gasteiger partial charge is 0.335 e. The van der Waals surface area contributed by atoms with Gasteiger partial charge in [-0.3, -0.25) is 4.79 Å². The third kappa shape index (κ3) is 7.31. The molecule has 0 aliphatic heterocycles. The summed E-state index contributed by atoms with van der Waals surface area (Å²) in [5.41, 5.74) is 0.188. The van der Waals surface area contributed by atoms with Crippen LogP contribution in [0.15, 0.2) is 24.3 Å². The van der Waals surface area contributed by atoms with Gasteiger partial charge in [-0.1, -0.05) is 19.9 Å². The zero-order chi connectivity index (χ0) is 15.7. The monoisotopic (exact) mass is 294 g/mol. The van der Waals surface area contributed by atoms with E-state index in [1.165, 1.54) is 12.1 Å². The molecule has 1 aromatic rings. The molecule has 0 aliphatic rings. The predicted molar refractivity (Wildman–Crippen MR) is 79.6 cm³/mol. The van der Waals surface area contributed by atoms with Crippen molar-refractivity contribution >= 4 is 11.9 Å². The lowest BCUT2D eigenvalue weighted by Gasteiger charge is -2.09. The van der Waals surface area contributed by atoms with Crippen LogP contribution in [0.4, 0.5) is 0 Å². The zero-order valence-electron chi connectivity index (χ0n) is 12.4. The second-order valence-electron chi connectivity index (χ2n) is 5.06. The van der Waals surface area contributed by atoms with E-state index in [0.717, 1.165) is 0 Å². The van der Waals surface area contributed by atoms with Crippen molar-refractivity contribution in [2.24, 2.45) is 5.92 Å². The van der Waals surface area contributed by atoms with Crippen molar-refractivity contribution in [3.8, 4) is 5.75 Å². The number of hydrogen-bond acceptors (Lipinski definition) is 4. The number of carboxylic acids is 1. The quantitative estimate of drug-likeness (QED) is 0.594. The van der Waals surface area contributed by atoms with E-state index in [1.54, 1.807) is 12.1 Å². The first-order valence-electron chi connectivity index (χ1n) is 6.92. The molecule has 3 N–H and O–H groups in total. The summed E-state index contributed by atoms with van der Waals surface area (Å²) >= 11 is 0. The molecule has 0 aromatic heterocycles. The summed E-state index contributed by atoms with van der Waals surface area (Å²) in [7, 11) is 0. The lowest BCUT2D eigenvalue weighted by atomic mass is 10.2. The number of carboxylic acid groups (broad SMARTS) is 1. The molecule has 0 aliphatic carbocycles. The second-order valence-corrected chi connectivity index (χ2v) is 5.06. The maximum absolute atomic E-state index is 11.4. The molecule has 6 heteroatoms. The highest BCUT2D eigenvalue weighted by Crippen LogP contribution is 2.12. The molecule has 0 atom stereocenters. The minimum absolute atomic E-state index is 0.0448. The standard InChI is InChI=1S/C15H22N2O4/c1-11(2)9-17-14(18)10-16-6-7-21-13-5-3-4-12(8-13)15(19)20/h3-5,8,11,16H,6-7,9-10H2,1-2H3,(H,17,18)(H,19,20). The first-order valence-corrected chi connectivity index (χ1v) is 6.92. The van der Waals surface area contributed by atoms with E-state index >= 15 is 0 Å². The lowest BCUT2D eigenvalue weighted by Crippen LogP contribution is -2.37. The lowest BCUT2D eigenvalue weighted by molar-refractivity contribution is -0.120. The molecule has 1 amide bonds. The molecule has 21 heavy (non-hydrogen) atoms. The molecule has 0 unspecified atom stereocenters. The summed E-state index contributed by atoms with van der Waals surface area (Å²) in [6.45, 7) is 5.84. The molecular formula is C15H22N2O4. The topological polar surface area (TPSA) is 87.7 Å². The number of ether oxygens (including phenoxy) is 1. The molecule has 0 saturated carbocycles. The van der Waals surface area contributed by atoms with E-state index < -0.39 is 5.97 Å². The molecule has 0 bridgehead atoms. The van der Waals surface area contributed by atoms with Gasteiger partial charge in [-0.15, -0.1) is 0 Å². The maximum atomic E-state index is 11.4. The van der Waals surface area contributed by atoms with Crippen LogP contribution in [0.5, 0.6) is 5.75 Å². The largest absolute Gasteiger partial charge is 0.492 e. The fourth-order valence-electron chi connectivity index (χ4n) is 1.54. The highest BCUT2D eigenvalue weighted by molar-refractivity contribution is 5.88. The molecule has 6 nitrogen and oxygen atoms in total. The molecule has 1 rings (SSSR count). The van der Waals surface area contributed by atoms with Crippen LogP contribution in [0.3, 0.4) is 0 Å². The van der Waals surface area contributed by atoms with Gasteiger partial charge in [-0.05, 0) is 24.1 Å². The summed E-state index contributed by atoms with van der Waals surface area (Å²) in [4.78, 5) is 22.2. The number of benzene rings is 1. The third-order valence-electron chi connectivity index (χ3n) is 2.62. The van der Waals surface area contributed by atoms with Crippen molar-refractivity contribution in [2.45, 2.75) is 13.8 Å². The number of rotatable bonds is 9. The predicted octanol–water partition coefficient (Wildman–Crippen LogP) is 1.13. The van der Waals surface area contributed by atoms with Crippen molar-refractivity contribution in [2.75, 3.05) is 26.2 Å². The number of carbonyl (C=O) groups excluding carboxylic acids is 1. The molecule has 0 saturated heterocycles. The normalized spacial score (nSPS) is 10.4. The van der Waals surface area contributed by atoms with Gasteiger partial charge in [-0.25, -0.2) is 4.79 Å². The van der Waals surface area contributed by atoms with Crippen molar-refractivity contribution in [3.05, 3.63) is 29.8 Å². The van der Waals surface area contributed by atoms with Gasteiger partial charge in [0, 0.05) is 13.1 Å². The van der Waals surface area contributed by atoms with Gasteiger partial charge in [0.05, 0.1) is 12.1 Å². The minimum Gasteiger partial charge on any atom is -0.492 e. The Labute approximate surface area is 124 Å². The highest BCUT2D eigenvalue weighted by Gasteiger charge is 2.04. The minimum atomic E-state index is -0.986. The maximum Gasteiger partial charge on any atom is 0.335 e. The van der Waals surface area contributed by atoms with Crippen molar-refractivity contribution < 1.29 is 19.4 Å². The van der Waals surface area contributed by atoms with Crippen LogP contribution in [0, 0.1) is 5.92 Å². The van der Waals surface area contributed by atoms with Crippen LogP contribution in [-0.4, -0.2) is 43.2 Å².